The first-order valence-electron chi connectivity index (χ1n) is 43.0. The first-order chi connectivity index (χ1) is 64.9. The average molecular weight is 1820 g/mol. The summed E-state index contributed by atoms with van der Waals surface area (Å²) in [5, 5.41) is 56.1. The number of anilines is 1. The van der Waals surface area contributed by atoms with E-state index < -0.39 is 71.4 Å². The van der Waals surface area contributed by atoms with Crippen molar-refractivity contribution in [2.24, 2.45) is 0 Å². The number of H-pyrrole nitrogens is 4. The van der Waals surface area contributed by atoms with Crippen LogP contribution in [0.15, 0.2) is 185 Å². The van der Waals surface area contributed by atoms with E-state index in [0.29, 0.717) is 221 Å². The Morgan fingerprint density at radius 2 is 0.560 bits per heavy atom. The van der Waals surface area contributed by atoms with Gasteiger partial charge in [-0.1, -0.05) is 0 Å². The Kier molecular flexibility index (Phi) is 25.9. The molecule has 4 amide bonds. The molecule has 16 aromatic heterocycles. The lowest BCUT2D eigenvalue weighted by Crippen LogP contribution is -2.43. The maximum atomic E-state index is 13.0. The third-order valence-electron chi connectivity index (χ3n) is 24.6. The molecule has 134 heavy (non-hydrogen) atoms. The monoisotopic (exact) mass is 1820 g/mol. The minimum Gasteiger partial charge on any atom is -0.390 e. The van der Waals surface area contributed by atoms with Gasteiger partial charge in [-0.25, -0.2) is 44.1 Å². The SMILES string of the molecule is Cc1ccc(-c2ccc3ncc4c(=O)[nH]c(=O)n(C5CCN(C(=O)CO)CC5)c4c3n2)cn1.Nc1ccc(-c2ccc3ncc4c(=O)[nH]c(=O)n(C5CCN(C(=O)CO)CC5)c4c3n2)cn1.O=C(CO)N1CCC(n2c(=O)[nH]c(=O)c3cnc4ccc(-c5ccc(CO)nc5)nc4c32)CC1.O=C(CO)N1CCC(n2c(=O)[nH]c(=O)c3cnc4ccc(-c5ccc(CO)nc5)nc4c32)CC1. The first kappa shape index (κ1) is 90.0. The van der Waals surface area contributed by atoms with Gasteiger partial charge in [-0.2, -0.15) is 0 Å². The van der Waals surface area contributed by atoms with Crippen LogP contribution in [-0.2, 0) is 32.4 Å². The molecule has 0 spiro atoms. The van der Waals surface area contributed by atoms with Crippen LogP contribution in [0.1, 0.15) is 92.6 Å². The van der Waals surface area contributed by atoms with Crippen LogP contribution in [0.25, 0.3) is 133 Å². The Bertz CT molecular complexity index is 7350. The molecule has 0 atom stereocenters. The molecule has 0 aromatic carbocycles. The highest BCUT2D eigenvalue weighted by Crippen LogP contribution is 2.36. The van der Waals surface area contributed by atoms with Crippen molar-refractivity contribution in [1.82, 2.24) is 118 Å². The lowest BCUT2D eigenvalue weighted by Gasteiger charge is -2.33. The van der Waals surface area contributed by atoms with Crippen LogP contribution in [0, 0.1) is 6.92 Å². The number of aliphatic hydroxyl groups excluding tert-OH is 6. The van der Waals surface area contributed by atoms with Crippen molar-refractivity contribution in [2.75, 3.05) is 84.5 Å². The van der Waals surface area contributed by atoms with Crippen molar-refractivity contribution < 1.29 is 49.8 Å². The van der Waals surface area contributed by atoms with E-state index in [-0.39, 0.29) is 82.6 Å². The van der Waals surface area contributed by atoms with E-state index in [0.717, 1.165) is 16.8 Å². The predicted octanol–water partition coefficient (Wildman–Crippen LogP) is 2.28. The molecular weight excluding hydrogens is 1730 g/mol. The molecule has 16 aromatic rings. The number of nitrogens with zero attached hydrogens (tertiary/aromatic N) is 20. The number of hydrogen-bond acceptors (Lipinski definition) is 31. The number of pyridine rings is 12. The van der Waals surface area contributed by atoms with Crippen LogP contribution in [-0.4, -0.2) is 251 Å². The molecule has 0 bridgehead atoms. The van der Waals surface area contributed by atoms with Gasteiger partial charge in [-0.3, -0.25) is 111 Å². The largest absolute Gasteiger partial charge is 0.390 e. The topological polar surface area (TPSA) is 603 Å². The zero-order chi connectivity index (χ0) is 93.9. The number of carbonyl (C=O) groups excluding carboxylic acids is 4. The summed E-state index contributed by atoms with van der Waals surface area (Å²) in [6.07, 6.45) is 16.3. The normalized spacial score (nSPS) is 14.7. The van der Waals surface area contributed by atoms with Gasteiger partial charge >= 0.3 is 22.8 Å². The number of likely N-dealkylation sites (tertiary alicyclic amines) is 4. The highest BCUT2D eigenvalue weighted by atomic mass is 16.3. The number of nitrogens with two attached hydrogens (primary N) is 1. The Balaban J connectivity index is 0.000000124. The van der Waals surface area contributed by atoms with E-state index in [9.17, 15) is 67.7 Å². The molecule has 0 saturated carbocycles. The number of hydrogen-bond donors (Lipinski definition) is 11. The molecular formula is C91H87N25O18. The highest BCUT2D eigenvalue weighted by Gasteiger charge is 2.33. The molecule has 20 heterocycles. The van der Waals surface area contributed by atoms with Crippen molar-refractivity contribution in [3.8, 4) is 45.0 Å². The van der Waals surface area contributed by atoms with E-state index in [1.165, 1.54) is 24.8 Å². The molecule has 0 aliphatic carbocycles. The molecule has 4 aliphatic rings. The Morgan fingerprint density at radius 3 is 0.776 bits per heavy atom. The van der Waals surface area contributed by atoms with Gasteiger partial charge < -0.3 is 56.0 Å². The van der Waals surface area contributed by atoms with Gasteiger partial charge in [-0.15, -0.1) is 0 Å². The van der Waals surface area contributed by atoms with Gasteiger partial charge in [0.15, 0.2) is 0 Å². The minimum atomic E-state index is -0.552. The number of fused-ring (bicyclic) bond motifs is 12. The number of amides is 4. The van der Waals surface area contributed by atoms with Gasteiger partial charge in [0, 0.05) is 154 Å². The maximum Gasteiger partial charge on any atom is 0.329 e. The number of carbonyl (C=O) groups is 4. The van der Waals surface area contributed by atoms with Crippen LogP contribution in [0.2, 0.25) is 0 Å². The van der Waals surface area contributed by atoms with Crippen molar-refractivity contribution in [1.29, 1.82) is 0 Å². The number of rotatable bonds is 14. The Labute approximate surface area is 753 Å². The third kappa shape index (κ3) is 18.0. The van der Waals surface area contributed by atoms with Crippen LogP contribution in [0.4, 0.5) is 5.82 Å². The van der Waals surface area contributed by atoms with Crippen LogP contribution >= 0.6 is 0 Å². The lowest BCUT2D eigenvalue weighted by molar-refractivity contribution is -0.136. The van der Waals surface area contributed by atoms with Gasteiger partial charge in [0.05, 0.1) is 113 Å². The molecule has 4 fully saturated rings. The number of nitrogen functional groups attached to an aromatic ring is 1. The summed E-state index contributed by atoms with van der Waals surface area (Å²) in [6.45, 7) is 2.56. The molecule has 4 aliphatic heterocycles. The summed E-state index contributed by atoms with van der Waals surface area (Å²) < 4.78 is 6.22. The Morgan fingerprint density at radius 1 is 0.313 bits per heavy atom. The predicted molar refractivity (Wildman–Crippen MR) is 489 cm³/mol. The highest BCUT2D eigenvalue weighted by molar-refractivity contribution is 6.04. The molecule has 4 saturated heterocycles. The van der Waals surface area contributed by atoms with Crippen LogP contribution in [0.3, 0.4) is 0 Å². The number of aryl methyl sites for hydroxylation is 1. The standard InChI is InChI=1S/2C23H22N6O5.C23H22N6O4.C22H21N7O4/c2*30-11-14-2-1-13(9-24-14)17-3-4-18-20(26-17)21-16(10-25-18)22(33)27-23(34)29(21)15-5-7-28(8-6-15)19(32)12-31;1-13-2-3-14(10-24-13)17-4-5-18-20(26-17)21-16(11-25-18)22(32)27-23(33)29(21)15-6-8-28(9-7-15)19(31)12-30;23-17-4-1-12(9-25-17)15-2-3-16-19(26-15)20-14(10-24-16)21(32)27-22(33)29(20)13-5-7-28(8-6-13)18(31)11-30/h2*1-4,9-10,15,30-31H,5-8,11-12H2,(H,27,33,34);2-5,10-11,15,30H,6-9,12H2,1H3,(H,27,32,33);1-4,9-10,13,30H,5-8,11H2,(H2,23,25)(H,27,32,33). The fraction of sp³-hybridized carbons (Fsp3) is 0.297. The fourth-order valence-corrected chi connectivity index (χ4v) is 17.6. The van der Waals surface area contributed by atoms with Crippen LogP contribution in [0.5, 0.6) is 0 Å². The summed E-state index contributed by atoms with van der Waals surface area (Å²) in [7, 11) is 0. The van der Waals surface area contributed by atoms with Crippen molar-refractivity contribution in [3.05, 3.63) is 247 Å². The second kappa shape index (κ2) is 38.6. The smallest absolute Gasteiger partial charge is 0.329 e. The number of piperidine rings is 4. The zero-order valence-corrected chi connectivity index (χ0v) is 71.8. The summed E-state index contributed by atoms with van der Waals surface area (Å²) in [6, 6.07) is 27.6. The third-order valence-corrected chi connectivity index (χ3v) is 24.6. The molecule has 0 unspecified atom stereocenters. The molecule has 20 rings (SSSR count). The van der Waals surface area contributed by atoms with E-state index in [1.54, 1.807) is 135 Å². The second-order valence-electron chi connectivity index (χ2n) is 32.5. The number of aromatic nitrogens is 20. The molecule has 12 N–H and O–H groups in total. The van der Waals surface area contributed by atoms with Crippen LogP contribution < -0.4 is 50.7 Å². The number of aromatic amines is 4. The van der Waals surface area contributed by atoms with E-state index in [2.05, 4.69) is 59.8 Å². The summed E-state index contributed by atoms with van der Waals surface area (Å²) in [5.41, 5.74) is 14.3. The molecule has 0 radical (unpaired) electrons. The van der Waals surface area contributed by atoms with E-state index in [4.69, 9.17) is 46.1 Å². The summed E-state index contributed by atoms with van der Waals surface area (Å²) in [5.74, 6) is -0.985. The second-order valence-corrected chi connectivity index (χ2v) is 32.5. The molecule has 43 nitrogen and oxygen atoms in total. The van der Waals surface area contributed by atoms with Gasteiger partial charge in [0.25, 0.3) is 22.2 Å². The Hall–Kier alpha value is -16.0. The zero-order valence-electron chi connectivity index (χ0n) is 71.8. The van der Waals surface area contributed by atoms with Crippen molar-refractivity contribution in [3.63, 3.8) is 0 Å². The summed E-state index contributed by atoms with van der Waals surface area (Å²) in [4.78, 5) is 219. The molecule has 43 heteroatoms. The number of aliphatic hydroxyl groups is 6. The fourth-order valence-electron chi connectivity index (χ4n) is 17.6. The summed E-state index contributed by atoms with van der Waals surface area (Å²) >= 11 is 0. The van der Waals surface area contributed by atoms with Crippen molar-refractivity contribution in [2.45, 2.75) is 95.7 Å². The first-order valence-corrected chi connectivity index (χ1v) is 43.0. The van der Waals surface area contributed by atoms with Gasteiger partial charge in [0.1, 0.15) is 54.3 Å². The molecule has 684 valence electrons. The van der Waals surface area contributed by atoms with Gasteiger partial charge in [-0.05, 0) is 155 Å². The van der Waals surface area contributed by atoms with Gasteiger partial charge in [0.2, 0.25) is 23.6 Å². The quantitative estimate of drug-likeness (QED) is 0.0696. The average Bonchev–Trinajstić information content (AvgIpc) is 0.755. The van der Waals surface area contributed by atoms with E-state index >= 15 is 0 Å². The van der Waals surface area contributed by atoms with Crippen molar-refractivity contribution >= 4 is 117 Å². The maximum absolute atomic E-state index is 13.0. The van der Waals surface area contributed by atoms with E-state index in [1.807, 2.05) is 31.2 Å². The lowest BCUT2D eigenvalue weighted by atomic mass is 10.0. The minimum absolute atomic E-state index is 0.169. The number of nitrogens with one attached hydrogen (secondary N) is 4.